The van der Waals surface area contributed by atoms with E-state index in [0.29, 0.717) is 13.6 Å². The Morgan fingerprint density at radius 3 is 2.78 bits per heavy atom. The molecule has 96 valence electrons. The van der Waals surface area contributed by atoms with E-state index in [1.807, 2.05) is 22.6 Å². The van der Waals surface area contributed by atoms with Gasteiger partial charge in [-0.05, 0) is 34.7 Å². The number of aromatic nitrogens is 2. The van der Waals surface area contributed by atoms with Crippen molar-refractivity contribution < 1.29 is 18.3 Å². The first kappa shape index (κ1) is 13.0. The van der Waals surface area contributed by atoms with E-state index in [4.69, 9.17) is 5.73 Å². The van der Waals surface area contributed by atoms with Gasteiger partial charge in [-0.15, -0.1) is 0 Å². The number of carbonyl (C=O) groups excluding carboxylic acids is 1. The van der Waals surface area contributed by atoms with Gasteiger partial charge >= 0.3 is 12.5 Å². The predicted octanol–water partition coefficient (Wildman–Crippen LogP) is 2.40. The van der Waals surface area contributed by atoms with Crippen LogP contribution in [0, 0.1) is 3.57 Å². The zero-order valence-corrected chi connectivity index (χ0v) is 11.3. The molecule has 2 N–H and O–H groups in total. The Hall–Kier alpha value is -1.45. The molecular formula is C10H8F2IN3O2. The molecule has 1 aromatic heterocycles. The van der Waals surface area contributed by atoms with Crippen molar-refractivity contribution in [2.45, 2.75) is 6.55 Å². The maximum absolute atomic E-state index is 12.7. The van der Waals surface area contributed by atoms with E-state index < -0.39 is 12.5 Å². The molecule has 0 radical (unpaired) electrons. The Morgan fingerprint density at radius 2 is 2.22 bits per heavy atom. The molecule has 1 heterocycles. The summed E-state index contributed by atoms with van der Waals surface area (Å²) in [6.45, 7) is -2.86. The van der Waals surface area contributed by atoms with Crippen molar-refractivity contribution in [2.75, 3.05) is 12.8 Å². The van der Waals surface area contributed by atoms with E-state index in [2.05, 4.69) is 9.84 Å². The molecule has 0 fully saturated rings. The summed E-state index contributed by atoms with van der Waals surface area (Å²) in [4.78, 5) is 11.6. The van der Waals surface area contributed by atoms with Gasteiger partial charge in [0.15, 0.2) is 0 Å². The zero-order valence-electron chi connectivity index (χ0n) is 9.15. The Bertz CT molecular complexity index is 627. The van der Waals surface area contributed by atoms with Crippen molar-refractivity contribution >= 4 is 45.3 Å². The molecule has 0 aliphatic heterocycles. The largest absolute Gasteiger partial charge is 0.465 e. The lowest BCUT2D eigenvalue weighted by atomic mass is 10.1. The number of benzene rings is 1. The molecule has 0 unspecified atom stereocenters. The van der Waals surface area contributed by atoms with Crippen LogP contribution in [0.15, 0.2) is 12.1 Å². The average molecular weight is 367 g/mol. The smallest absolute Gasteiger partial charge is 0.340 e. The summed E-state index contributed by atoms with van der Waals surface area (Å²) in [7, 11) is 1.21. The molecule has 8 heteroatoms. The number of rotatable bonds is 2. The number of hydrogen-bond donors (Lipinski definition) is 1. The number of halogens is 3. The summed E-state index contributed by atoms with van der Waals surface area (Å²) in [5, 5.41) is 3.97. The quantitative estimate of drug-likeness (QED) is 0.654. The summed E-state index contributed by atoms with van der Waals surface area (Å²) >= 11 is 1.96. The van der Waals surface area contributed by atoms with E-state index in [1.54, 1.807) is 6.07 Å². The lowest BCUT2D eigenvalue weighted by Gasteiger charge is -2.01. The predicted molar refractivity (Wildman–Crippen MR) is 69.5 cm³/mol. The molecule has 0 saturated carbocycles. The van der Waals surface area contributed by atoms with Crippen LogP contribution in [0.5, 0.6) is 0 Å². The molecule has 0 saturated heterocycles. The molecule has 0 atom stereocenters. The first-order valence-corrected chi connectivity index (χ1v) is 5.87. The highest BCUT2D eigenvalue weighted by Gasteiger charge is 2.21. The molecule has 0 amide bonds. The molecule has 1 aromatic carbocycles. The van der Waals surface area contributed by atoms with Gasteiger partial charge in [0.2, 0.25) is 0 Å². The number of fused-ring (bicyclic) bond motifs is 1. The summed E-state index contributed by atoms with van der Waals surface area (Å²) in [5.74, 6) is -0.818. The van der Waals surface area contributed by atoms with Gasteiger partial charge in [-0.2, -0.15) is 18.6 Å². The number of esters is 1. The zero-order chi connectivity index (χ0) is 13.4. The van der Waals surface area contributed by atoms with Crippen LogP contribution in [0.1, 0.15) is 16.9 Å². The number of ether oxygens (including phenoxy) is 1. The fourth-order valence-corrected chi connectivity index (χ4v) is 2.22. The summed E-state index contributed by atoms with van der Waals surface area (Å²) in [6.07, 6.45) is 0. The molecule has 2 aromatic rings. The second-order valence-electron chi connectivity index (χ2n) is 3.45. The Kier molecular flexibility index (Phi) is 3.37. The highest BCUT2D eigenvalue weighted by Crippen LogP contribution is 2.29. The van der Waals surface area contributed by atoms with Crippen LogP contribution in [0.2, 0.25) is 0 Å². The van der Waals surface area contributed by atoms with E-state index in [-0.39, 0.29) is 16.9 Å². The van der Waals surface area contributed by atoms with Crippen molar-refractivity contribution in [2.24, 2.45) is 0 Å². The van der Waals surface area contributed by atoms with Crippen LogP contribution in [0.25, 0.3) is 10.9 Å². The van der Waals surface area contributed by atoms with Crippen LogP contribution in [0.4, 0.5) is 14.6 Å². The number of nitrogen functional groups attached to an aromatic ring is 1. The third kappa shape index (κ3) is 2.00. The minimum absolute atomic E-state index is 0.111. The molecule has 5 nitrogen and oxygen atoms in total. The standard InChI is InChI=1S/C10H8F2IN3O2/c1-18-9(17)6-3-4(13)2-5-7(6)15-16(8(5)14)10(11)12/h2-3,10H,14H2,1H3. The summed E-state index contributed by atoms with van der Waals surface area (Å²) in [5.41, 5.74) is 5.81. The van der Waals surface area contributed by atoms with Gasteiger partial charge in [-0.1, -0.05) is 0 Å². The van der Waals surface area contributed by atoms with Gasteiger partial charge in [-0.25, -0.2) is 4.79 Å². The van der Waals surface area contributed by atoms with Crippen LogP contribution in [0.3, 0.4) is 0 Å². The van der Waals surface area contributed by atoms with Gasteiger partial charge in [0.1, 0.15) is 11.3 Å². The van der Waals surface area contributed by atoms with Crippen LogP contribution in [-0.4, -0.2) is 22.9 Å². The summed E-state index contributed by atoms with van der Waals surface area (Å²) in [6, 6.07) is 3.10. The molecule has 0 bridgehead atoms. The Balaban J connectivity index is 2.80. The number of nitrogens with two attached hydrogens (primary N) is 1. The van der Waals surface area contributed by atoms with Crippen LogP contribution in [-0.2, 0) is 4.74 Å². The fourth-order valence-electron chi connectivity index (χ4n) is 1.60. The molecule has 18 heavy (non-hydrogen) atoms. The third-order valence-corrected chi connectivity index (χ3v) is 3.02. The monoisotopic (exact) mass is 367 g/mol. The van der Waals surface area contributed by atoms with Crippen molar-refractivity contribution in [1.82, 2.24) is 9.78 Å². The van der Waals surface area contributed by atoms with Crippen molar-refractivity contribution in [3.63, 3.8) is 0 Å². The van der Waals surface area contributed by atoms with E-state index in [9.17, 15) is 13.6 Å². The number of anilines is 1. The van der Waals surface area contributed by atoms with E-state index >= 15 is 0 Å². The van der Waals surface area contributed by atoms with Gasteiger partial charge in [0.05, 0.1) is 12.7 Å². The SMILES string of the molecule is COC(=O)c1cc(I)cc2c(N)n(C(F)F)nc12. The third-order valence-electron chi connectivity index (χ3n) is 2.40. The number of nitrogens with zero attached hydrogens (tertiary/aromatic N) is 2. The highest BCUT2D eigenvalue weighted by atomic mass is 127. The first-order valence-electron chi connectivity index (χ1n) is 4.79. The molecule has 0 spiro atoms. The number of hydrogen-bond acceptors (Lipinski definition) is 4. The van der Waals surface area contributed by atoms with Crippen molar-refractivity contribution in [3.05, 3.63) is 21.3 Å². The van der Waals surface area contributed by atoms with Gasteiger partial charge in [-0.3, -0.25) is 0 Å². The second-order valence-corrected chi connectivity index (χ2v) is 4.69. The van der Waals surface area contributed by atoms with Gasteiger partial charge < -0.3 is 10.5 Å². The molecule has 0 aliphatic rings. The Morgan fingerprint density at radius 1 is 1.56 bits per heavy atom. The second kappa shape index (κ2) is 4.67. The summed E-state index contributed by atoms with van der Waals surface area (Å²) < 4.78 is 31.0. The van der Waals surface area contributed by atoms with Gasteiger partial charge in [0, 0.05) is 8.96 Å². The van der Waals surface area contributed by atoms with E-state index in [0.717, 1.165) is 0 Å². The van der Waals surface area contributed by atoms with Crippen molar-refractivity contribution in [3.8, 4) is 0 Å². The van der Waals surface area contributed by atoms with E-state index in [1.165, 1.54) is 13.2 Å². The lowest BCUT2D eigenvalue weighted by molar-refractivity contribution is 0.0581. The minimum atomic E-state index is -2.86. The number of carbonyl (C=O) groups is 1. The number of alkyl halides is 2. The van der Waals surface area contributed by atoms with Gasteiger partial charge in [0.25, 0.3) is 0 Å². The normalized spacial score (nSPS) is 11.2. The molecule has 0 aliphatic carbocycles. The minimum Gasteiger partial charge on any atom is -0.465 e. The average Bonchev–Trinajstić information content (AvgIpc) is 2.65. The van der Waals surface area contributed by atoms with Crippen LogP contribution < -0.4 is 5.73 Å². The Labute approximate surface area is 114 Å². The molecular weight excluding hydrogens is 359 g/mol. The maximum Gasteiger partial charge on any atom is 0.340 e. The topological polar surface area (TPSA) is 70.1 Å². The maximum atomic E-state index is 12.7. The lowest BCUT2D eigenvalue weighted by Crippen LogP contribution is -2.05. The fraction of sp³-hybridized carbons (Fsp3) is 0.200. The van der Waals surface area contributed by atoms with Crippen LogP contribution >= 0.6 is 22.6 Å². The first-order chi connectivity index (χ1) is 8.45. The molecule has 2 rings (SSSR count). The highest BCUT2D eigenvalue weighted by molar-refractivity contribution is 14.1. The van der Waals surface area contributed by atoms with Crippen molar-refractivity contribution in [1.29, 1.82) is 0 Å². The number of methoxy groups -OCH3 is 1.